The van der Waals surface area contributed by atoms with E-state index in [4.69, 9.17) is 11.6 Å². The van der Waals surface area contributed by atoms with Crippen molar-refractivity contribution in [2.24, 2.45) is 0 Å². The SMILES string of the molecule is Cc1nn(CCC(CO)NC2CC2)cc1Cl. The van der Waals surface area contributed by atoms with Crippen molar-refractivity contribution in [1.29, 1.82) is 0 Å². The zero-order chi connectivity index (χ0) is 11.5. The Labute approximate surface area is 101 Å². The molecule has 0 radical (unpaired) electrons. The van der Waals surface area contributed by atoms with Crippen molar-refractivity contribution in [1.82, 2.24) is 15.1 Å². The van der Waals surface area contributed by atoms with E-state index in [1.807, 2.05) is 17.8 Å². The van der Waals surface area contributed by atoms with Gasteiger partial charge in [0.1, 0.15) is 0 Å². The van der Waals surface area contributed by atoms with Gasteiger partial charge in [-0.2, -0.15) is 5.10 Å². The number of nitrogens with one attached hydrogen (secondary N) is 1. The summed E-state index contributed by atoms with van der Waals surface area (Å²) in [5, 5.41) is 17.6. The van der Waals surface area contributed by atoms with E-state index in [2.05, 4.69) is 10.4 Å². The molecule has 90 valence electrons. The summed E-state index contributed by atoms with van der Waals surface area (Å²) in [6.45, 7) is 2.87. The number of nitrogens with zero attached hydrogens (tertiary/aromatic N) is 2. The van der Waals surface area contributed by atoms with Crippen LogP contribution in [0.4, 0.5) is 0 Å². The average molecular weight is 244 g/mol. The van der Waals surface area contributed by atoms with Gasteiger partial charge in [-0.25, -0.2) is 0 Å². The normalized spacial score (nSPS) is 17.7. The van der Waals surface area contributed by atoms with Crippen LogP contribution in [0.5, 0.6) is 0 Å². The molecule has 0 aliphatic heterocycles. The van der Waals surface area contributed by atoms with E-state index in [1.165, 1.54) is 12.8 Å². The molecule has 1 fully saturated rings. The number of aryl methyl sites for hydroxylation is 2. The van der Waals surface area contributed by atoms with Gasteiger partial charge < -0.3 is 10.4 Å². The van der Waals surface area contributed by atoms with E-state index in [-0.39, 0.29) is 12.6 Å². The predicted octanol–water partition coefficient (Wildman–Crippen LogP) is 1.35. The summed E-state index contributed by atoms with van der Waals surface area (Å²) in [6.07, 6.45) is 5.19. The first-order valence-corrected chi connectivity index (χ1v) is 6.13. The van der Waals surface area contributed by atoms with Crippen LogP contribution in [0.2, 0.25) is 5.02 Å². The summed E-state index contributed by atoms with van der Waals surface area (Å²) in [4.78, 5) is 0. The van der Waals surface area contributed by atoms with Gasteiger partial charge >= 0.3 is 0 Å². The molecule has 0 bridgehead atoms. The van der Waals surface area contributed by atoms with E-state index in [0.717, 1.165) is 18.7 Å². The minimum atomic E-state index is 0.177. The topological polar surface area (TPSA) is 50.1 Å². The first-order chi connectivity index (χ1) is 7.69. The zero-order valence-electron chi connectivity index (χ0n) is 9.49. The lowest BCUT2D eigenvalue weighted by atomic mass is 10.2. The standard InChI is InChI=1S/C11H18ClN3O/c1-8-11(12)6-15(14-8)5-4-10(7-16)13-9-2-3-9/h6,9-10,13,16H,2-5,7H2,1H3. The monoisotopic (exact) mass is 243 g/mol. The third-order valence-corrected chi connectivity index (χ3v) is 3.23. The minimum absolute atomic E-state index is 0.177. The maximum absolute atomic E-state index is 9.22. The molecule has 4 nitrogen and oxygen atoms in total. The first kappa shape index (κ1) is 11.9. The van der Waals surface area contributed by atoms with Crippen molar-refractivity contribution in [3.05, 3.63) is 16.9 Å². The van der Waals surface area contributed by atoms with Crippen LogP contribution in [0.25, 0.3) is 0 Å². The lowest BCUT2D eigenvalue weighted by molar-refractivity contribution is 0.228. The lowest BCUT2D eigenvalue weighted by Gasteiger charge is -2.15. The molecule has 0 amide bonds. The summed E-state index contributed by atoms with van der Waals surface area (Å²) >= 11 is 5.92. The summed E-state index contributed by atoms with van der Waals surface area (Å²) < 4.78 is 1.84. The molecule has 1 atom stereocenters. The Morgan fingerprint density at radius 2 is 2.44 bits per heavy atom. The Balaban J connectivity index is 1.79. The number of halogens is 1. The number of rotatable bonds is 6. The van der Waals surface area contributed by atoms with Crippen LogP contribution in [0, 0.1) is 6.92 Å². The molecule has 1 aliphatic carbocycles. The molecule has 1 unspecified atom stereocenters. The third kappa shape index (κ3) is 3.20. The fraction of sp³-hybridized carbons (Fsp3) is 0.727. The van der Waals surface area contributed by atoms with Crippen LogP contribution in [-0.4, -0.2) is 33.6 Å². The highest BCUT2D eigenvalue weighted by Crippen LogP contribution is 2.20. The number of hydrogen-bond acceptors (Lipinski definition) is 3. The van der Waals surface area contributed by atoms with Crippen molar-refractivity contribution < 1.29 is 5.11 Å². The summed E-state index contributed by atoms with van der Waals surface area (Å²) in [7, 11) is 0. The molecule has 2 rings (SSSR count). The number of aliphatic hydroxyl groups is 1. The Morgan fingerprint density at radius 1 is 1.69 bits per heavy atom. The van der Waals surface area contributed by atoms with E-state index in [9.17, 15) is 5.11 Å². The molecular formula is C11H18ClN3O. The van der Waals surface area contributed by atoms with Crippen LogP contribution in [0.15, 0.2) is 6.20 Å². The van der Waals surface area contributed by atoms with Crippen molar-refractivity contribution in [2.75, 3.05) is 6.61 Å². The number of aromatic nitrogens is 2. The fourth-order valence-corrected chi connectivity index (χ4v) is 1.86. The Bertz CT molecular complexity index is 329. The van der Waals surface area contributed by atoms with Gasteiger partial charge in [0.2, 0.25) is 0 Å². The van der Waals surface area contributed by atoms with Crippen LogP contribution in [0.1, 0.15) is 25.0 Å². The van der Waals surface area contributed by atoms with Crippen molar-refractivity contribution in [2.45, 2.75) is 44.8 Å². The van der Waals surface area contributed by atoms with Gasteiger partial charge in [-0.3, -0.25) is 4.68 Å². The van der Waals surface area contributed by atoms with Crippen molar-refractivity contribution >= 4 is 11.6 Å². The van der Waals surface area contributed by atoms with Gasteiger partial charge in [-0.1, -0.05) is 11.6 Å². The highest BCUT2D eigenvalue weighted by atomic mass is 35.5. The molecule has 0 spiro atoms. The van der Waals surface area contributed by atoms with Gasteiger partial charge in [0, 0.05) is 24.8 Å². The van der Waals surface area contributed by atoms with Crippen LogP contribution < -0.4 is 5.32 Å². The van der Waals surface area contributed by atoms with Gasteiger partial charge in [0.15, 0.2) is 0 Å². The van der Waals surface area contributed by atoms with E-state index < -0.39 is 0 Å². The Hall–Kier alpha value is -0.580. The molecule has 1 aliphatic rings. The quantitative estimate of drug-likeness (QED) is 0.793. The van der Waals surface area contributed by atoms with Gasteiger partial charge in [-0.05, 0) is 26.2 Å². The molecule has 0 aromatic carbocycles. The Morgan fingerprint density at radius 3 is 2.94 bits per heavy atom. The second-order valence-electron chi connectivity index (χ2n) is 4.43. The molecule has 2 N–H and O–H groups in total. The molecule has 1 aromatic heterocycles. The van der Waals surface area contributed by atoms with Crippen LogP contribution >= 0.6 is 11.6 Å². The molecule has 1 aromatic rings. The fourth-order valence-electron chi connectivity index (χ4n) is 1.71. The summed E-state index contributed by atoms with van der Waals surface area (Å²) in [5.41, 5.74) is 0.859. The zero-order valence-corrected chi connectivity index (χ0v) is 10.2. The summed E-state index contributed by atoms with van der Waals surface area (Å²) in [5.74, 6) is 0. The third-order valence-electron chi connectivity index (χ3n) is 2.86. The highest BCUT2D eigenvalue weighted by Gasteiger charge is 2.24. The van der Waals surface area contributed by atoms with Gasteiger partial charge in [-0.15, -0.1) is 0 Å². The molecule has 1 saturated carbocycles. The number of aliphatic hydroxyl groups excluding tert-OH is 1. The Kier molecular flexibility index (Phi) is 3.84. The summed E-state index contributed by atoms with van der Waals surface area (Å²) in [6, 6.07) is 0.802. The highest BCUT2D eigenvalue weighted by molar-refractivity contribution is 6.31. The van der Waals surface area contributed by atoms with Crippen LogP contribution in [-0.2, 0) is 6.54 Å². The molecule has 0 saturated heterocycles. The van der Waals surface area contributed by atoms with E-state index in [0.29, 0.717) is 11.1 Å². The van der Waals surface area contributed by atoms with Crippen molar-refractivity contribution in [3.8, 4) is 0 Å². The van der Waals surface area contributed by atoms with E-state index >= 15 is 0 Å². The van der Waals surface area contributed by atoms with E-state index in [1.54, 1.807) is 0 Å². The molecule has 16 heavy (non-hydrogen) atoms. The largest absolute Gasteiger partial charge is 0.395 e. The average Bonchev–Trinajstić information content (AvgIpc) is 3.01. The second-order valence-corrected chi connectivity index (χ2v) is 4.84. The van der Waals surface area contributed by atoms with Crippen LogP contribution in [0.3, 0.4) is 0 Å². The van der Waals surface area contributed by atoms with Gasteiger partial charge in [0.25, 0.3) is 0 Å². The minimum Gasteiger partial charge on any atom is -0.395 e. The smallest absolute Gasteiger partial charge is 0.0814 e. The molecule has 1 heterocycles. The molecule has 5 heteroatoms. The maximum atomic E-state index is 9.22. The van der Waals surface area contributed by atoms with Gasteiger partial charge in [0.05, 0.1) is 17.3 Å². The maximum Gasteiger partial charge on any atom is 0.0814 e. The lowest BCUT2D eigenvalue weighted by Crippen LogP contribution is -2.35. The molecular weight excluding hydrogens is 226 g/mol. The number of hydrogen-bond donors (Lipinski definition) is 2. The second kappa shape index (κ2) is 5.17. The predicted molar refractivity (Wildman–Crippen MR) is 63.6 cm³/mol. The van der Waals surface area contributed by atoms with Crippen molar-refractivity contribution in [3.63, 3.8) is 0 Å². The first-order valence-electron chi connectivity index (χ1n) is 5.75.